The van der Waals surface area contributed by atoms with Crippen molar-refractivity contribution in [3.8, 4) is 17.2 Å². The van der Waals surface area contributed by atoms with Gasteiger partial charge in [-0.15, -0.1) is 0 Å². The highest BCUT2D eigenvalue weighted by molar-refractivity contribution is 5.99. The number of Topliss-reactive ketones (excluding diaryl/α,β-unsaturated/α-hetero) is 1. The summed E-state index contributed by atoms with van der Waals surface area (Å²) < 4.78 is 17.2. The Labute approximate surface area is 260 Å². The largest absolute Gasteiger partial charge is 0.494 e. The molecule has 2 N–H and O–H groups in total. The number of hydrogen-bond acceptors (Lipinski definition) is 6. The Kier molecular flexibility index (Phi) is 14.3. The predicted molar refractivity (Wildman–Crippen MR) is 169 cm³/mol. The highest BCUT2D eigenvalue weighted by Gasteiger charge is 2.26. The Bertz CT molecular complexity index is 1320. The molecule has 236 valence electrons. The standard InChI is InChI=1S/C28H30O6.C8H14O2/c1-21(29)26-20-23(28(30)31)13-16-27(26)34-19-7-8-22-11-14-25(15-12-22)33-18-6-5-17-32-24-9-3-2-4-10-24;1-6-4-2-3-5-7(6)8(9)10/h2-4,9-16,20H,5-8,17-19H2,1H3,(H,30,31);6-7H,2-5H2,1H3,(H,9,10). The quantitative estimate of drug-likeness (QED) is 0.134. The molecule has 0 aliphatic heterocycles. The van der Waals surface area contributed by atoms with Gasteiger partial charge in [-0.1, -0.05) is 50.1 Å². The Morgan fingerprint density at radius 1 is 0.750 bits per heavy atom. The van der Waals surface area contributed by atoms with Crippen molar-refractivity contribution in [2.45, 2.75) is 65.2 Å². The van der Waals surface area contributed by atoms with E-state index in [2.05, 4.69) is 0 Å². The first-order chi connectivity index (χ1) is 21.2. The SMILES string of the molecule is CC(=O)c1cc(C(=O)O)ccc1OCCCc1ccc(OCCCCOc2ccccc2)cc1.CC1CCCCC1C(=O)O. The number of benzene rings is 3. The van der Waals surface area contributed by atoms with Crippen molar-refractivity contribution in [3.05, 3.63) is 89.5 Å². The fourth-order valence-electron chi connectivity index (χ4n) is 5.06. The third-order valence-corrected chi connectivity index (χ3v) is 7.64. The summed E-state index contributed by atoms with van der Waals surface area (Å²) in [6.45, 7) is 5.18. The second kappa shape index (κ2) is 18.4. The summed E-state index contributed by atoms with van der Waals surface area (Å²) in [7, 11) is 0. The number of carboxylic acids is 2. The lowest BCUT2D eigenvalue weighted by Crippen LogP contribution is -2.24. The molecule has 3 aromatic carbocycles. The number of carbonyl (C=O) groups is 3. The van der Waals surface area contributed by atoms with Crippen LogP contribution in [0.5, 0.6) is 17.2 Å². The lowest BCUT2D eigenvalue weighted by atomic mass is 9.81. The smallest absolute Gasteiger partial charge is 0.335 e. The number of ether oxygens (including phenoxy) is 3. The number of ketones is 1. The van der Waals surface area contributed by atoms with Crippen LogP contribution in [0, 0.1) is 11.8 Å². The van der Waals surface area contributed by atoms with Crippen LogP contribution in [0.15, 0.2) is 72.8 Å². The van der Waals surface area contributed by atoms with E-state index in [0.717, 1.165) is 56.4 Å². The zero-order valence-corrected chi connectivity index (χ0v) is 25.7. The van der Waals surface area contributed by atoms with Crippen LogP contribution in [-0.4, -0.2) is 47.8 Å². The Balaban J connectivity index is 0.000000448. The molecule has 0 heterocycles. The summed E-state index contributed by atoms with van der Waals surface area (Å²) in [5, 5.41) is 17.8. The molecule has 3 aromatic rings. The van der Waals surface area contributed by atoms with E-state index in [1.54, 1.807) is 6.07 Å². The molecule has 0 bridgehead atoms. The zero-order chi connectivity index (χ0) is 31.7. The molecule has 1 fully saturated rings. The normalized spacial score (nSPS) is 15.8. The number of carboxylic acid groups (broad SMARTS) is 2. The molecule has 0 radical (unpaired) electrons. The number of rotatable bonds is 15. The van der Waals surface area contributed by atoms with Gasteiger partial charge in [-0.05, 0) is 99.4 Å². The minimum absolute atomic E-state index is 0.0613. The second-order valence-corrected chi connectivity index (χ2v) is 11.1. The van der Waals surface area contributed by atoms with Gasteiger partial charge in [0, 0.05) is 0 Å². The van der Waals surface area contributed by atoms with Crippen LogP contribution in [0.25, 0.3) is 0 Å². The molecule has 1 aliphatic rings. The third kappa shape index (κ3) is 11.7. The fraction of sp³-hybridized carbons (Fsp3) is 0.417. The van der Waals surface area contributed by atoms with Crippen molar-refractivity contribution in [1.29, 1.82) is 0 Å². The molecule has 0 amide bonds. The van der Waals surface area contributed by atoms with Crippen molar-refractivity contribution >= 4 is 17.7 Å². The van der Waals surface area contributed by atoms with Crippen LogP contribution < -0.4 is 14.2 Å². The van der Waals surface area contributed by atoms with E-state index in [-0.39, 0.29) is 22.8 Å². The van der Waals surface area contributed by atoms with Crippen molar-refractivity contribution in [2.75, 3.05) is 19.8 Å². The van der Waals surface area contributed by atoms with Crippen LogP contribution >= 0.6 is 0 Å². The molecule has 0 saturated heterocycles. The van der Waals surface area contributed by atoms with Crippen LogP contribution in [0.4, 0.5) is 0 Å². The molecular weight excluding hydrogens is 560 g/mol. The third-order valence-electron chi connectivity index (χ3n) is 7.64. The molecule has 0 spiro atoms. The highest BCUT2D eigenvalue weighted by Crippen LogP contribution is 2.29. The van der Waals surface area contributed by atoms with Crippen LogP contribution in [0.1, 0.15) is 85.1 Å². The lowest BCUT2D eigenvalue weighted by Gasteiger charge is -2.24. The summed E-state index contributed by atoms with van der Waals surface area (Å²) in [5.41, 5.74) is 1.52. The molecule has 1 saturated carbocycles. The molecule has 8 heteroatoms. The van der Waals surface area contributed by atoms with Crippen LogP contribution in [0.3, 0.4) is 0 Å². The molecule has 8 nitrogen and oxygen atoms in total. The van der Waals surface area contributed by atoms with Crippen molar-refractivity contribution in [1.82, 2.24) is 0 Å². The minimum Gasteiger partial charge on any atom is -0.494 e. The summed E-state index contributed by atoms with van der Waals surface area (Å²) in [6.07, 6.45) is 7.72. The van der Waals surface area contributed by atoms with Gasteiger partial charge < -0.3 is 24.4 Å². The van der Waals surface area contributed by atoms with Gasteiger partial charge in [-0.25, -0.2) is 4.79 Å². The van der Waals surface area contributed by atoms with E-state index >= 15 is 0 Å². The molecular formula is C36H44O8. The van der Waals surface area contributed by atoms with Crippen LogP contribution in [0.2, 0.25) is 0 Å². The van der Waals surface area contributed by atoms with E-state index in [0.29, 0.717) is 31.5 Å². The van der Waals surface area contributed by atoms with E-state index in [9.17, 15) is 14.4 Å². The molecule has 0 aromatic heterocycles. The summed E-state index contributed by atoms with van der Waals surface area (Å²) in [4.78, 5) is 33.5. The number of aromatic carboxylic acids is 1. The van der Waals surface area contributed by atoms with Crippen molar-refractivity contribution in [3.63, 3.8) is 0 Å². The van der Waals surface area contributed by atoms with E-state index in [1.165, 1.54) is 31.0 Å². The fourth-order valence-corrected chi connectivity index (χ4v) is 5.06. The highest BCUT2D eigenvalue weighted by atomic mass is 16.5. The number of unbranched alkanes of at least 4 members (excludes halogenated alkanes) is 1. The van der Waals surface area contributed by atoms with Gasteiger partial charge in [0.05, 0.1) is 36.9 Å². The number of hydrogen-bond donors (Lipinski definition) is 2. The van der Waals surface area contributed by atoms with E-state index < -0.39 is 11.9 Å². The summed E-state index contributed by atoms with van der Waals surface area (Å²) >= 11 is 0. The van der Waals surface area contributed by atoms with Gasteiger partial charge in [-0.2, -0.15) is 0 Å². The Hall–Kier alpha value is -4.33. The maximum absolute atomic E-state index is 11.8. The number of para-hydroxylation sites is 1. The molecule has 2 unspecified atom stereocenters. The van der Waals surface area contributed by atoms with Gasteiger partial charge in [0.1, 0.15) is 17.2 Å². The monoisotopic (exact) mass is 604 g/mol. The average molecular weight is 605 g/mol. The van der Waals surface area contributed by atoms with Gasteiger partial charge in [0.25, 0.3) is 0 Å². The minimum atomic E-state index is -1.07. The van der Waals surface area contributed by atoms with Gasteiger partial charge in [-0.3, -0.25) is 9.59 Å². The van der Waals surface area contributed by atoms with Gasteiger partial charge in [0.15, 0.2) is 5.78 Å². The molecule has 44 heavy (non-hydrogen) atoms. The molecule has 2 atom stereocenters. The first kappa shape index (κ1) is 34.2. The van der Waals surface area contributed by atoms with Crippen LogP contribution in [-0.2, 0) is 11.2 Å². The first-order valence-electron chi connectivity index (χ1n) is 15.4. The summed E-state index contributed by atoms with van der Waals surface area (Å²) in [6, 6.07) is 22.1. The predicted octanol–water partition coefficient (Wildman–Crippen LogP) is 7.73. The van der Waals surface area contributed by atoms with Crippen molar-refractivity contribution in [2.24, 2.45) is 11.8 Å². The van der Waals surface area contributed by atoms with Crippen molar-refractivity contribution < 1.29 is 38.8 Å². The molecule has 1 aliphatic carbocycles. The average Bonchev–Trinajstić information content (AvgIpc) is 3.02. The van der Waals surface area contributed by atoms with Gasteiger partial charge in [0.2, 0.25) is 0 Å². The number of aryl methyl sites for hydroxylation is 1. The van der Waals surface area contributed by atoms with Gasteiger partial charge >= 0.3 is 11.9 Å². The first-order valence-corrected chi connectivity index (χ1v) is 15.4. The number of carbonyl (C=O) groups excluding carboxylic acids is 1. The molecule has 4 rings (SSSR count). The zero-order valence-electron chi connectivity index (χ0n) is 25.7. The number of aliphatic carboxylic acids is 1. The Morgan fingerprint density at radius 3 is 1.93 bits per heavy atom. The van der Waals surface area contributed by atoms with E-state index in [1.807, 2.05) is 61.5 Å². The maximum atomic E-state index is 11.8. The topological polar surface area (TPSA) is 119 Å². The van der Waals surface area contributed by atoms with E-state index in [4.69, 9.17) is 24.4 Å². The maximum Gasteiger partial charge on any atom is 0.335 e. The Morgan fingerprint density at radius 2 is 1.36 bits per heavy atom. The summed E-state index contributed by atoms with van der Waals surface area (Å²) in [5.74, 6) is 0.576. The second-order valence-electron chi connectivity index (χ2n) is 11.1. The lowest BCUT2D eigenvalue weighted by molar-refractivity contribution is -0.144.